The predicted molar refractivity (Wildman–Crippen MR) is 508 cm³/mol. The number of pyridine rings is 5. The summed E-state index contributed by atoms with van der Waals surface area (Å²) in [5, 5.41) is 17.3. The van der Waals surface area contributed by atoms with Crippen LogP contribution >= 0.6 is 0 Å². The average molecular weight is 1850 g/mol. The second kappa shape index (κ2) is 40.7. The number of likely N-dealkylation sites (tertiary alicyclic amines) is 4. The Kier molecular flexibility index (Phi) is 29.5. The van der Waals surface area contributed by atoms with Crippen molar-refractivity contribution in [1.29, 1.82) is 0 Å². The first kappa shape index (κ1) is 97.2. The number of nitrogens with one attached hydrogen (secondary N) is 2. The summed E-state index contributed by atoms with van der Waals surface area (Å²) in [6.07, 6.45) is 25.9. The number of carbonyl (C=O) groups excluding carboxylic acids is 4. The van der Waals surface area contributed by atoms with E-state index in [-0.39, 0.29) is 97.9 Å². The predicted octanol–water partition coefficient (Wildman–Crippen LogP) is 20.9. The van der Waals surface area contributed by atoms with Gasteiger partial charge in [-0.25, -0.2) is 46.1 Å². The minimum Gasteiger partial charge on any atom is -0.472 e. The van der Waals surface area contributed by atoms with Crippen LogP contribution in [0.4, 0.5) is 41.1 Å². The number of halogens is 5. The Balaban J connectivity index is 0.000000125. The van der Waals surface area contributed by atoms with Gasteiger partial charge in [-0.05, 0) is 342 Å². The number of H-pyrrole nitrogens is 1. The number of aromatic amines is 1. The fraction of sp³-hybridized carbons (Fsp3) is 0.524. The summed E-state index contributed by atoms with van der Waals surface area (Å²) >= 11 is 0. The van der Waals surface area contributed by atoms with Gasteiger partial charge in [0.2, 0.25) is 11.5 Å². The molecule has 5 aliphatic carbocycles. The monoisotopic (exact) mass is 1850 g/mol. The van der Waals surface area contributed by atoms with Crippen LogP contribution in [0.15, 0.2) is 141 Å². The number of carbonyl (C=O) groups is 4. The number of aromatic nitrogens is 5. The number of benzene rings is 5. The minimum atomic E-state index is -0.813. The van der Waals surface area contributed by atoms with Gasteiger partial charge < -0.3 is 72.4 Å². The zero-order chi connectivity index (χ0) is 95.6. The number of nitrogens with zero attached hydrogens (tertiary/aromatic N) is 8. The first-order chi connectivity index (χ1) is 63.6. The normalized spacial score (nSPS) is 20.5. The topological polar surface area (TPSA) is 271 Å². The van der Waals surface area contributed by atoms with Crippen LogP contribution in [0.3, 0.4) is 0 Å². The van der Waals surface area contributed by atoms with Crippen molar-refractivity contribution in [2.75, 3.05) is 65.4 Å². The summed E-state index contributed by atoms with van der Waals surface area (Å²) in [4.78, 5) is 112. The number of hydrogen-bond donors (Lipinski definition) is 3. The molecule has 5 aliphatic heterocycles. The summed E-state index contributed by atoms with van der Waals surface area (Å²) in [5.41, 5.74) is 1.48. The molecule has 10 fully saturated rings. The number of fused-ring (bicyclic) bond motifs is 5. The molecule has 10 aliphatic rings. The third-order valence-corrected chi connectivity index (χ3v) is 25.8. The van der Waals surface area contributed by atoms with E-state index in [2.05, 4.69) is 22.2 Å². The van der Waals surface area contributed by atoms with Gasteiger partial charge in [0.15, 0.2) is 0 Å². The SMILES string of the molecule is CC(C)(C)OC(=O)N1CCC[C@@H](Oc2nccc3cc(C4CC4)cc(F)c23)C1.CC(C)(C)OC(=O)N1CCC[C@@H](n2ccc3cc(C4CC4)cc(F)c3c2=O)C1.CC(C)(C)OC(=O)N1CCC[C@H](O)C1.O=c1[nH]ccc2cc(C3CC3)cc(F)c12.O=c1c2c(F)cc(C3CC3)cc2ccn1[C@@H]1CCCNC1.[CH2+]C(C)(C)OC(=O)N1CCC[C@@H](n2ccc3cc(C4CC4)cc(F)c3c2=O)C1. The van der Waals surface area contributed by atoms with Gasteiger partial charge in [-0.15, -0.1) is 0 Å². The Hall–Kier alpha value is -11.3. The first-order valence-electron chi connectivity index (χ1n) is 47.9. The molecule has 10 aromatic rings. The van der Waals surface area contributed by atoms with E-state index in [4.69, 9.17) is 23.7 Å². The van der Waals surface area contributed by atoms with Crippen LogP contribution in [0, 0.1) is 36.0 Å². The Labute approximate surface area is 778 Å². The largest absolute Gasteiger partial charge is 0.472 e. The second-order valence-corrected chi connectivity index (χ2v) is 41.5. The molecule has 24 nitrogen and oxygen atoms in total. The summed E-state index contributed by atoms with van der Waals surface area (Å²) in [6, 6.07) is 26.3. The molecule has 5 saturated heterocycles. The second-order valence-electron chi connectivity index (χ2n) is 41.5. The van der Waals surface area contributed by atoms with Gasteiger partial charge in [-0.3, -0.25) is 19.2 Å². The van der Waals surface area contributed by atoms with Crippen LogP contribution < -0.4 is 32.3 Å². The summed E-state index contributed by atoms with van der Waals surface area (Å²) < 4.78 is 105. The van der Waals surface area contributed by atoms with Gasteiger partial charge in [0.05, 0.1) is 51.7 Å². The van der Waals surface area contributed by atoms with Crippen LogP contribution in [0.5, 0.6) is 5.88 Å². The number of rotatable bonds is 11. The van der Waals surface area contributed by atoms with Gasteiger partial charge in [0.25, 0.3) is 22.2 Å². The molecule has 134 heavy (non-hydrogen) atoms. The lowest BCUT2D eigenvalue weighted by atomic mass is 10.0. The number of ether oxygens (including phenoxy) is 5. The number of hydrogen-bond acceptors (Lipinski definition) is 16. The van der Waals surface area contributed by atoms with E-state index < -0.39 is 52.1 Å². The first-order valence-corrected chi connectivity index (χ1v) is 47.9. The lowest BCUT2D eigenvalue weighted by molar-refractivity contribution is 0.00379. The van der Waals surface area contributed by atoms with Crippen LogP contribution in [0.25, 0.3) is 53.9 Å². The third kappa shape index (κ3) is 25.0. The van der Waals surface area contributed by atoms with Crippen molar-refractivity contribution in [1.82, 2.24) is 48.6 Å². The molecule has 5 aromatic heterocycles. The van der Waals surface area contributed by atoms with Crippen LogP contribution in [0.2, 0.25) is 0 Å². The molecule has 5 aromatic carbocycles. The molecule has 0 spiro atoms. The number of aliphatic hydroxyl groups excluding tert-OH is 1. The van der Waals surface area contributed by atoms with E-state index in [0.29, 0.717) is 109 Å². The average Bonchev–Trinajstić information content (AvgIpc) is 1.33. The van der Waals surface area contributed by atoms with Crippen molar-refractivity contribution >= 4 is 78.2 Å². The summed E-state index contributed by atoms with van der Waals surface area (Å²) in [7, 11) is 0. The van der Waals surface area contributed by atoms with Gasteiger partial charge in [0.1, 0.15) is 58.9 Å². The number of piperidine rings is 5. The molecule has 3 N–H and O–H groups in total. The van der Waals surface area contributed by atoms with E-state index in [9.17, 15) is 65.4 Å². The quantitative estimate of drug-likeness (QED) is 0.0617. The Morgan fingerprint density at radius 3 is 1.10 bits per heavy atom. The van der Waals surface area contributed by atoms with Gasteiger partial charge >= 0.3 is 24.4 Å². The van der Waals surface area contributed by atoms with E-state index in [1.807, 2.05) is 123 Å². The molecule has 716 valence electrons. The van der Waals surface area contributed by atoms with Crippen LogP contribution in [-0.2, 0) is 18.9 Å². The van der Waals surface area contributed by atoms with Gasteiger partial charge in [-0.1, -0.05) is 30.3 Å². The molecule has 10 heterocycles. The molecule has 4 amide bonds. The van der Waals surface area contributed by atoms with Crippen molar-refractivity contribution in [2.45, 2.75) is 287 Å². The summed E-state index contributed by atoms with van der Waals surface area (Å²) in [5.74, 6) is 0.681. The van der Waals surface area contributed by atoms with E-state index in [0.717, 1.165) is 180 Å². The zero-order valence-electron chi connectivity index (χ0n) is 79.0. The fourth-order valence-electron chi connectivity index (χ4n) is 18.4. The number of aliphatic hydroxyl groups is 1. The molecular weight excluding hydrogens is 1720 g/mol. The van der Waals surface area contributed by atoms with Crippen molar-refractivity contribution in [3.05, 3.63) is 227 Å². The van der Waals surface area contributed by atoms with Crippen molar-refractivity contribution in [3.63, 3.8) is 0 Å². The highest BCUT2D eigenvalue weighted by Gasteiger charge is 2.38. The van der Waals surface area contributed by atoms with Crippen molar-refractivity contribution in [3.8, 4) is 5.88 Å². The molecular formula is C105H128F5N10O14+. The molecule has 5 atom stereocenters. The molecule has 0 unspecified atom stereocenters. The number of amides is 4. The Bertz CT molecular complexity index is 6080. The fourth-order valence-corrected chi connectivity index (χ4v) is 18.4. The Morgan fingerprint density at radius 1 is 0.396 bits per heavy atom. The van der Waals surface area contributed by atoms with Crippen LogP contribution in [0.1, 0.15) is 280 Å². The van der Waals surface area contributed by atoms with Gasteiger partial charge in [-0.2, -0.15) is 0 Å². The maximum Gasteiger partial charge on any atom is 0.413 e. The maximum absolute atomic E-state index is 14.8. The maximum atomic E-state index is 14.8. The highest BCUT2D eigenvalue weighted by atomic mass is 19.1. The van der Waals surface area contributed by atoms with E-state index >= 15 is 0 Å². The molecule has 0 bridgehead atoms. The third-order valence-electron chi connectivity index (χ3n) is 25.8. The molecule has 20 rings (SSSR count). The lowest BCUT2D eigenvalue weighted by Gasteiger charge is -2.35. The van der Waals surface area contributed by atoms with Crippen molar-refractivity contribution < 1.29 is 69.9 Å². The lowest BCUT2D eigenvalue weighted by Crippen LogP contribution is -2.46. The van der Waals surface area contributed by atoms with E-state index in [1.54, 1.807) is 90.1 Å². The molecule has 29 heteroatoms. The summed E-state index contributed by atoms with van der Waals surface area (Å²) in [6.45, 7) is 29.6. The van der Waals surface area contributed by atoms with Crippen molar-refractivity contribution in [2.24, 2.45) is 0 Å². The minimum absolute atomic E-state index is 0.130. The van der Waals surface area contributed by atoms with E-state index in [1.165, 1.54) is 18.2 Å². The van der Waals surface area contributed by atoms with Crippen LogP contribution in [-0.4, -0.2) is 173 Å². The highest BCUT2D eigenvalue weighted by molar-refractivity contribution is 5.89. The number of β-amino-alcohol motifs (C(OH)–C–C–N with tert-alkyl or cyclic N) is 1. The highest BCUT2D eigenvalue weighted by Crippen LogP contribution is 2.46. The van der Waals surface area contributed by atoms with Gasteiger partial charge in [0, 0.05) is 103 Å². The zero-order valence-corrected chi connectivity index (χ0v) is 79.0. The smallest absolute Gasteiger partial charge is 0.413 e. The molecule has 0 radical (unpaired) electrons. The Morgan fingerprint density at radius 2 is 0.731 bits per heavy atom. The standard InChI is InChI=1S/2C22H27FN2O3.C22H26FN2O3.C17H19FN2O.C12H10FNO.C10H19NO3/c1-22(2,3)28-21(26)25-10-4-5-17(13-25)27-20-19-15(8-9-24-20)11-16(12-18(19)23)14-6-7-14;2*1-22(2,3)28-21(27)24-9-4-5-17(13-24)25-10-8-15-11-16(14-6-7-14)12-18(23)19(15)20(25)26;18-15-9-13(11-3-4-11)8-12-5-7-20(17(21)16(12)15)14-2-1-6-19-10-14;13-10-6-9(7-1-2-7)5-8-3-4-14-12(15)11(8)10;1-10(2,3)14-9(13)11-6-4-5-8(12)7-11/h8-9,11-12,14,17H,4-7,10,13H2,1-3H3;8,10-12,14,17H,4-7,9,13H2,1-3H3;8,10-12,14,17H,1,4-7,9,13H2,2-3H3;5,7-9,11,14,19H,1-4,6,10H2;3-7H,1-2H2,(H,14,15);8,12H,4-7H2,1-3H3/q;;+1;;;/t3*17-;14-;;8-/m1111.0/s1. The molecule has 5 saturated carbocycles.